The number of para-hydroxylation sites is 1. The second-order valence-corrected chi connectivity index (χ2v) is 17.7. The van der Waals surface area contributed by atoms with Gasteiger partial charge >= 0.3 is 0 Å². The number of rotatable bonds is 9. The highest BCUT2D eigenvalue weighted by atomic mass is 35.5. The van der Waals surface area contributed by atoms with Crippen LogP contribution in [0.4, 0.5) is 11.5 Å². The van der Waals surface area contributed by atoms with E-state index in [0.29, 0.717) is 29.0 Å². The largest absolute Gasteiger partial charge is 0.457 e. The molecule has 2 aliphatic rings. The molecule has 2 N–H and O–H groups in total. The van der Waals surface area contributed by atoms with E-state index in [1.165, 1.54) is 0 Å². The van der Waals surface area contributed by atoms with E-state index in [0.717, 1.165) is 66.7 Å². The topological polar surface area (TPSA) is 88.8 Å². The number of amidine groups is 1. The normalized spacial score (nSPS) is 16.8. The van der Waals surface area contributed by atoms with Crippen molar-refractivity contribution in [2.45, 2.75) is 51.3 Å². The monoisotopic (exact) mass is 589 g/mol. The minimum atomic E-state index is -1.19. The predicted octanol–water partition coefficient (Wildman–Crippen LogP) is 6.34. The van der Waals surface area contributed by atoms with Crippen molar-refractivity contribution < 1.29 is 9.47 Å². The van der Waals surface area contributed by atoms with Gasteiger partial charge in [0.2, 0.25) is 0 Å². The molecule has 214 valence electrons. The maximum Gasteiger partial charge on any atom is 0.161 e. The summed E-state index contributed by atoms with van der Waals surface area (Å²) in [7, 11) is -1.19. The van der Waals surface area contributed by atoms with E-state index in [4.69, 9.17) is 31.1 Å². The first-order chi connectivity index (χ1) is 19.9. The van der Waals surface area contributed by atoms with Crippen molar-refractivity contribution in [3.05, 3.63) is 71.6 Å². The Bertz CT molecular complexity index is 1550. The van der Waals surface area contributed by atoms with Crippen molar-refractivity contribution in [1.82, 2.24) is 25.3 Å². The molecule has 2 aromatic carbocycles. The van der Waals surface area contributed by atoms with Gasteiger partial charge in [0, 0.05) is 32.5 Å². The number of anilines is 1. The van der Waals surface area contributed by atoms with Crippen LogP contribution in [-0.2, 0) is 11.5 Å². The Morgan fingerprint density at radius 2 is 1.85 bits per heavy atom. The summed E-state index contributed by atoms with van der Waals surface area (Å²) in [5.41, 5.74) is 6.01. The molecule has 4 heterocycles. The number of hydrogen-bond donors (Lipinski definition) is 2. The summed E-state index contributed by atoms with van der Waals surface area (Å²) in [4.78, 5) is 14.4. The average Bonchev–Trinajstić information content (AvgIpc) is 3.34. The van der Waals surface area contributed by atoms with Crippen molar-refractivity contribution in [1.29, 1.82) is 0 Å². The van der Waals surface area contributed by atoms with E-state index < -0.39 is 8.07 Å². The van der Waals surface area contributed by atoms with Gasteiger partial charge in [0.15, 0.2) is 11.7 Å². The third kappa shape index (κ3) is 6.25. The Balaban J connectivity index is 1.35. The van der Waals surface area contributed by atoms with Crippen LogP contribution in [0.1, 0.15) is 18.4 Å². The number of hydrogen-bond acceptors (Lipinski definition) is 7. The number of aliphatic imine (C=N–C) groups is 1. The minimum Gasteiger partial charge on any atom is -0.457 e. The quantitative estimate of drug-likeness (QED) is 0.174. The molecule has 0 unspecified atom stereocenters. The van der Waals surface area contributed by atoms with Gasteiger partial charge in [-0.2, -0.15) is 0 Å². The lowest BCUT2D eigenvalue weighted by Crippen LogP contribution is -2.54. The average molecular weight is 590 g/mol. The van der Waals surface area contributed by atoms with Crippen LogP contribution in [-0.4, -0.2) is 54.2 Å². The van der Waals surface area contributed by atoms with Gasteiger partial charge in [0.05, 0.1) is 22.1 Å². The van der Waals surface area contributed by atoms with E-state index in [1.807, 2.05) is 42.5 Å². The smallest absolute Gasteiger partial charge is 0.161 e. The third-order valence-electron chi connectivity index (χ3n) is 7.37. The van der Waals surface area contributed by atoms with Gasteiger partial charge in [-0.05, 0) is 56.2 Å². The summed E-state index contributed by atoms with van der Waals surface area (Å²) in [5, 5.41) is 7.09. The van der Waals surface area contributed by atoms with E-state index in [2.05, 4.69) is 51.1 Å². The highest BCUT2D eigenvalue weighted by Gasteiger charge is 2.33. The Kier molecular flexibility index (Phi) is 7.98. The van der Waals surface area contributed by atoms with Crippen LogP contribution in [0.15, 0.2) is 66.0 Å². The van der Waals surface area contributed by atoms with E-state index in [9.17, 15) is 0 Å². The summed E-state index contributed by atoms with van der Waals surface area (Å²) in [6, 6.07) is 16.6. The fourth-order valence-corrected chi connectivity index (χ4v) is 6.11. The van der Waals surface area contributed by atoms with Crippen molar-refractivity contribution in [3.63, 3.8) is 0 Å². The molecule has 0 atom stereocenters. The zero-order valence-corrected chi connectivity index (χ0v) is 25.5. The van der Waals surface area contributed by atoms with Gasteiger partial charge in [0.25, 0.3) is 0 Å². The molecule has 0 amide bonds. The molecule has 2 aromatic heterocycles. The molecule has 0 saturated carbocycles. The number of piperidine rings is 1. The maximum atomic E-state index is 6.75. The number of halogens is 1. The molecule has 0 aliphatic carbocycles. The molecule has 6 rings (SSSR count). The molecule has 2 aliphatic heterocycles. The standard InChI is InChI=1S/C30H36ClN7O2Si/c1-41(2,3)16-15-39-20-37-18-24-27-29(37)33-19-34-30(27)38(21-11-13-32-14-12-21)36-28(24)35-26-10-9-23(17-25(26)31)40-22-7-5-4-6-8-22/h4-10,17-19,21,32H,11-16,20H2,1-3H3,(H,35,36). The highest BCUT2D eigenvalue weighted by Crippen LogP contribution is 2.36. The maximum absolute atomic E-state index is 6.75. The number of ether oxygens (including phenoxy) is 2. The van der Waals surface area contributed by atoms with Crippen LogP contribution in [0.25, 0.3) is 11.0 Å². The molecule has 1 saturated heterocycles. The van der Waals surface area contributed by atoms with Crippen LogP contribution < -0.4 is 20.5 Å². The second kappa shape index (κ2) is 11.8. The first-order valence-electron chi connectivity index (χ1n) is 14.2. The van der Waals surface area contributed by atoms with Crippen LogP contribution in [0.5, 0.6) is 11.5 Å². The number of nitrogens with one attached hydrogen (secondary N) is 2. The zero-order chi connectivity index (χ0) is 28.4. The summed E-state index contributed by atoms with van der Waals surface area (Å²) < 4.78 is 14.1. The number of nitrogens with zero attached hydrogens (tertiary/aromatic N) is 5. The molecule has 0 radical (unpaired) electrons. The van der Waals surface area contributed by atoms with Gasteiger partial charge in [-0.25, -0.2) is 15.0 Å². The van der Waals surface area contributed by atoms with Crippen LogP contribution in [0.3, 0.4) is 0 Å². The number of benzene rings is 2. The Morgan fingerprint density at radius 3 is 2.61 bits per heavy atom. The molecule has 1 fully saturated rings. The van der Waals surface area contributed by atoms with E-state index >= 15 is 0 Å². The fourth-order valence-electron chi connectivity index (χ4n) is 5.14. The number of hydrazine groups is 1. The summed E-state index contributed by atoms with van der Waals surface area (Å²) in [6.07, 6.45) is 5.69. The van der Waals surface area contributed by atoms with Crippen molar-refractivity contribution >= 4 is 48.0 Å². The van der Waals surface area contributed by atoms with Gasteiger partial charge in [-0.15, -0.1) is 0 Å². The fraction of sp³-hybridized carbons (Fsp3) is 0.367. The van der Waals surface area contributed by atoms with Crippen LogP contribution >= 0.6 is 11.6 Å². The molecule has 4 aromatic rings. The van der Waals surface area contributed by atoms with E-state index in [-0.39, 0.29) is 6.04 Å². The van der Waals surface area contributed by atoms with Gasteiger partial charge < -0.3 is 19.4 Å². The molecule has 9 nitrogen and oxygen atoms in total. The summed E-state index contributed by atoms with van der Waals surface area (Å²) in [5.74, 6) is 2.98. The second-order valence-electron chi connectivity index (χ2n) is 11.7. The van der Waals surface area contributed by atoms with Crippen molar-refractivity contribution in [3.8, 4) is 11.5 Å². The van der Waals surface area contributed by atoms with Gasteiger partial charge in [-0.3, -0.25) is 10.4 Å². The highest BCUT2D eigenvalue weighted by molar-refractivity contribution is 6.76. The number of aromatic nitrogens is 3. The molecule has 41 heavy (non-hydrogen) atoms. The minimum absolute atomic E-state index is 0.265. The first-order valence-corrected chi connectivity index (χ1v) is 18.2. The van der Waals surface area contributed by atoms with Gasteiger partial charge in [-0.1, -0.05) is 49.4 Å². The Hall–Kier alpha value is -3.44. The lowest BCUT2D eigenvalue weighted by molar-refractivity contribution is 0.0898. The van der Waals surface area contributed by atoms with Crippen LogP contribution in [0, 0.1) is 0 Å². The van der Waals surface area contributed by atoms with E-state index in [1.54, 1.807) is 12.4 Å². The Labute approximate surface area is 246 Å². The molecule has 11 heteroatoms. The predicted molar refractivity (Wildman–Crippen MR) is 167 cm³/mol. The molecular formula is C30H36ClN7O2Si. The van der Waals surface area contributed by atoms with Crippen LogP contribution in [0.2, 0.25) is 30.7 Å². The first kappa shape index (κ1) is 27.7. The Morgan fingerprint density at radius 1 is 1.05 bits per heavy atom. The summed E-state index contributed by atoms with van der Waals surface area (Å²) in [6.45, 7) is 10.1. The SMILES string of the molecule is C[Si](C)(C)CCOCn1cc2c3c(ncnc31)N(C1CCNCC1)NC2=Nc1ccc(Oc2ccccc2)cc1Cl. The molecule has 0 spiro atoms. The van der Waals surface area contributed by atoms with Gasteiger partial charge in [0.1, 0.15) is 30.2 Å². The third-order valence-corrected chi connectivity index (χ3v) is 9.38. The molecular weight excluding hydrogens is 554 g/mol. The zero-order valence-electron chi connectivity index (χ0n) is 23.7. The van der Waals surface area contributed by atoms with Crippen molar-refractivity contribution in [2.75, 3.05) is 24.7 Å². The lowest BCUT2D eigenvalue weighted by Gasteiger charge is -2.38. The lowest BCUT2D eigenvalue weighted by atomic mass is 10.0. The summed E-state index contributed by atoms with van der Waals surface area (Å²) >= 11 is 6.75. The molecule has 0 bridgehead atoms. The van der Waals surface area contributed by atoms with Crippen molar-refractivity contribution in [2.24, 2.45) is 4.99 Å².